The van der Waals surface area contributed by atoms with Crippen LogP contribution in [-0.4, -0.2) is 46.7 Å². The first kappa shape index (κ1) is 5.95. The maximum absolute atomic E-state index is 3.94. The second-order valence-electron chi connectivity index (χ2n) is 0.675. The van der Waals surface area contributed by atoms with Gasteiger partial charge >= 0.3 is 56.7 Å². The molecule has 0 aliphatic carbocycles. The summed E-state index contributed by atoms with van der Waals surface area (Å²) in [7, 11) is 2.19. The number of rotatable bonds is 0. The molecule has 0 N–H and O–H groups in total. The van der Waals surface area contributed by atoms with Crippen molar-refractivity contribution in [1.29, 1.82) is 0 Å². The third kappa shape index (κ3) is 1.74. The normalized spacial score (nSPS) is 17.0. The molecule has 0 aromatic heterocycles. The van der Waals surface area contributed by atoms with Gasteiger partial charge in [-0.15, -0.1) is 0 Å². The maximum atomic E-state index is 3.94. The van der Waals surface area contributed by atoms with Crippen LogP contribution in [0.2, 0.25) is 0 Å². The first-order chi connectivity index (χ1) is 2.89. The van der Waals surface area contributed by atoms with Crippen LogP contribution in [0.4, 0.5) is 0 Å². The van der Waals surface area contributed by atoms with Gasteiger partial charge in [0, 0.05) is 0 Å². The van der Waals surface area contributed by atoms with E-state index < -0.39 is 0 Å². The zero-order chi connectivity index (χ0) is 4.41. The standard InChI is InChI=1S/C2H2Se4/c1-2-3-5-6-4-2/h1H2. The molecule has 0 fully saturated rings. The van der Waals surface area contributed by atoms with E-state index in [2.05, 4.69) is 6.58 Å². The first-order valence-corrected chi connectivity index (χ1v) is 16.0. The van der Waals surface area contributed by atoms with Crippen molar-refractivity contribution >= 4 is 46.7 Å². The van der Waals surface area contributed by atoms with Crippen LogP contribution in [0.3, 0.4) is 0 Å². The molecule has 0 saturated carbocycles. The second-order valence-corrected chi connectivity index (χ2v) is 27.3. The number of hydrogen-bond acceptors (Lipinski definition) is 0. The Kier molecular flexibility index (Phi) is 2.94. The van der Waals surface area contributed by atoms with Gasteiger partial charge < -0.3 is 0 Å². The Balaban J connectivity index is 2.86. The van der Waals surface area contributed by atoms with Crippen LogP contribution >= 0.6 is 0 Å². The van der Waals surface area contributed by atoms with Crippen LogP contribution in [-0.2, 0) is 0 Å². The molecular weight excluding hydrogens is 340 g/mol. The van der Waals surface area contributed by atoms with E-state index in [-0.39, 0.29) is 0 Å². The third-order valence-corrected chi connectivity index (χ3v) is 42.5. The molecular formula is C2H2Se4. The molecule has 1 aliphatic heterocycles. The van der Waals surface area contributed by atoms with Gasteiger partial charge in [0.05, 0.1) is 0 Å². The molecule has 0 bridgehead atoms. The summed E-state index contributed by atoms with van der Waals surface area (Å²) in [6, 6.07) is 0. The van der Waals surface area contributed by atoms with Crippen LogP contribution in [0.5, 0.6) is 0 Å². The van der Waals surface area contributed by atoms with Gasteiger partial charge in [0.15, 0.2) is 0 Å². The molecule has 1 heterocycles. The minimum absolute atomic E-state index is 0.951. The Morgan fingerprint density at radius 1 is 1.17 bits per heavy atom. The Morgan fingerprint density at radius 2 is 1.67 bits per heavy atom. The Hall–Kier alpha value is 1.82. The van der Waals surface area contributed by atoms with Gasteiger partial charge in [-0.3, -0.25) is 0 Å². The summed E-state index contributed by atoms with van der Waals surface area (Å²) < 4.78 is 1.63. The summed E-state index contributed by atoms with van der Waals surface area (Å²) in [6.07, 6.45) is 0. The van der Waals surface area contributed by atoms with Gasteiger partial charge in [-0.25, -0.2) is 0 Å². The zero-order valence-electron chi connectivity index (χ0n) is 2.84. The minimum atomic E-state index is 0.951. The molecule has 34 valence electrons. The molecule has 6 heavy (non-hydrogen) atoms. The van der Waals surface area contributed by atoms with Crippen molar-refractivity contribution in [2.45, 2.75) is 0 Å². The van der Waals surface area contributed by atoms with E-state index in [0.29, 0.717) is 0 Å². The van der Waals surface area contributed by atoms with E-state index >= 15 is 0 Å². The molecule has 4 heteroatoms. The van der Waals surface area contributed by atoms with Gasteiger partial charge in [0.25, 0.3) is 0 Å². The second kappa shape index (κ2) is 2.97. The molecule has 0 spiro atoms. The van der Waals surface area contributed by atoms with Crippen molar-refractivity contribution in [1.82, 2.24) is 0 Å². The van der Waals surface area contributed by atoms with Crippen molar-refractivity contribution in [3.8, 4) is 0 Å². The van der Waals surface area contributed by atoms with Gasteiger partial charge in [-0.05, 0) is 0 Å². The van der Waals surface area contributed by atoms with Gasteiger partial charge in [-0.2, -0.15) is 0 Å². The van der Waals surface area contributed by atoms with Crippen molar-refractivity contribution in [3.63, 3.8) is 0 Å². The Labute approximate surface area is 56.1 Å². The molecule has 0 nitrogen and oxygen atoms in total. The van der Waals surface area contributed by atoms with E-state index in [4.69, 9.17) is 0 Å². The van der Waals surface area contributed by atoms with Crippen LogP contribution in [0.15, 0.2) is 9.95 Å². The summed E-state index contributed by atoms with van der Waals surface area (Å²) in [6.45, 7) is 3.94. The molecule has 1 aliphatic rings. The van der Waals surface area contributed by atoms with E-state index in [9.17, 15) is 0 Å². The molecule has 0 saturated heterocycles. The van der Waals surface area contributed by atoms with Crippen molar-refractivity contribution in [3.05, 3.63) is 9.95 Å². The van der Waals surface area contributed by atoms with Crippen LogP contribution in [0.1, 0.15) is 0 Å². The van der Waals surface area contributed by atoms with E-state index in [1.54, 1.807) is 3.37 Å². The fourth-order valence-corrected chi connectivity index (χ4v) is 57.4. The van der Waals surface area contributed by atoms with Gasteiger partial charge in [-0.1, -0.05) is 0 Å². The van der Waals surface area contributed by atoms with Crippen molar-refractivity contribution < 1.29 is 0 Å². The van der Waals surface area contributed by atoms with Crippen LogP contribution in [0, 0.1) is 0 Å². The average molecular weight is 342 g/mol. The predicted molar refractivity (Wildman–Crippen MR) is 32.2 cm³/mol. The fourth-order valence-electron chi connectivity index (χ4n) is 0.118. The summed E-state index contributed by atoms with van der Waals surface area (Å²) in [5.41, 5.74) is 0. The molecule has 0 amide bonds. The van der Waals surface area contributed by atoms with E-state index in [1.165, 1.54) is 0 Å². The monoisotopic (exact) mass is 346 g/mol. The summed E-state index contributed by atoms with van der Waals surface area (Å²) in [5.74, 6) is 0. The predicted octanol–water partition coefficient (Wildman–Crippen LogP) is -0.967. The van der Waals surface area contributed by atoms with Crippen molar-refractivity contribution in [2.24, 2.45) is 0 Å². The molecule has 0 unspecified atom stereocenters. The molecule has 4 radical (unpaired) electrons. The average Bonchev–Trinajstić information content (AvgIpc) is 1.86. The van der Waals surface area contributed by atoms with Crippen LogP contribution < -0.4 is 0 Å². The fraction of sp³-hybridized carbons (Fsp3) is 0. The molecule has 1 rings (SSSR count). The molecule has 0 aromatic rings. The zero-order valence-corrected chi connectivity index (χ0v) is 9.69. The summed E-state index contributed by atoms with van der Waals surface area (Å²) in [4.78, 5) is 0. The summed E-state index contributed by atoms with van der Waals surface area (Å²) in [5, 5.41) is 0. The SMILES string of the molecule is C=C1[Se]=[Se][Se]=[Se]1. The van der Waals surface area contributed by atoms with Crippen LogP contribution in [0.25, 0.3) is 0 Å². The van der Waals surface area contributed by atoms with Gasteiger partial charge in [0.1, 0.15) is 0 Å². The first-order valence-electron chi connectivity index (χ1n) is 1.26. The molecule has 0 atom stereocenters. The molecule has 0 aromatic carbocycles. The van der Waals surface area contributed by atoms with Crippen molar-refractivity contribution in [2.75, 3.05) is 0 Å². The topological polar surface area (TPSA) is 0 Å². The number of hydrogen-bond donors (Lipinski definition) is 0. The van der Waals surface area contributed by atoms with E-state index in [1.807, 2.05) is 0 Å². The van der Waals surface area contributed by atoms with Gasteiger partial charge in [0.2, 0.25) is 0 Å². The van der Waals surface area contributed by atoms with E-state index in [0.717, 1.165) is 46.7 Å². The Morgan fingerprint density at radius 3 is 1.83 bits per heavy atom. The Bertz CT molecular complexity index is 108. The third-order valence-electron chi connectivity index (χ3n) is 0.282. The summed E-state index contributed by atoms with van der Waals surface area (Å²) >= 11 is 1.90. The quantitative estimate of drug-likeness (QED) is 0.498.